The van der Waals surface area contributed by atoms with Gasteiger partial charge in [-0.15, -0.1) is 0 Å². The third kappa shape index (κ3) is 3.53. The maximum Gasteiger partial charge on any atom is 0.265 e. The molecule has 2 amide bonds. The van der Waals surface area contributed by atoms with Crippen LogP contribution in [-0.2, 0) is 14.3 Å². The fourth-order valence-electron chi connectivity index (χ4n) is 3.30. The normalized spacial score (nSPS) is 23.7. The Labute approximate surface area is 142 Å². The second-order valence-electron chi connectivity index (χ2n) is 6.61. The van der Waals surface area contributed by atoms with Crippen LogP contribution in [0.2, 0.25) is 0 Å². The molecular formula is C18H24N2O4. The molecule has 0 aromatic heterocycles. The molecule has 0 radical (unpaired) electrons. The Balaban J connectivity index is 1.67. The molecule has 2 unspecified atom stereocenters. The number of carbonyl (C=O) groups is 2. The van der Waals surface area contributed by atoms with Crippen molar-refractivity contribution < 1.29 is 19.1 Å². The molecule has 2 heterocycles. The number of amides is 2. The van der Waals surface area contributed by atoms with Gasteiger partial charge in [0.2, 0.25) is 5.91 Å². The zero-order valence-electron chi connectivity index (χ0n) is 14.4. The van der Waals surface area contributed by atoms with Crippen molar-refractivity contribution >= 4 is 17.5 Å². The van der Waals surface area contributed by atoms with E-state index in [4.69, 9.17) is 9.47 Å². The quantitative estimate of drug-likeness (QED) is 0.846. The molecule has 0 bridgehead atoms. The zero-order valence-corrected chi connectivity index (χ0v) is 14.4. The zero-order chi connectivity index (χ0) is 17.3. The summed E-state index contributed by atoms with van der Waals surface area (Å²) in [4.78, 5) is 28.2. The molecule has 2 aliphatic rings. The van der Waals surface area contributed by atoms with Crippen molar-refractivity contribution in [3.05, 3.63) is 23.8 Å². The highest BCUT2D eigenvalue weighted by Crippen LogP contribution is 2.33. The standard InChI is InChI=1S/C18H24N2O4/c1-12-4-5-16-15(8-12)20(18(22)11-23-16)7-6-17(21)19-9-13(2)24-14(3)10-19/h4-5,8,13-14H,6-7,9-11H2,1-3H3. The van der Waals surface area contributed by atoms with Crippen molar-refractivity contribution in [3.63, 3.8) is 0 Å². The van der Waals surface area contributed by atoms with Gasteiger partial charge in [0, 0.05) is 26.1 Å². The molecule has 1 saturated heterocycles. The summed E-state index contributed by atoms with van der Waals surface area (Å²) in [5.74, 6) is 0.649. The van der Waals surface area contributed by atoms with E-state index >= 15 is 0 Å². The fourth-order valence-corrected chi connectivity index (χ4v) is 3.30. The maximum atomic E-state index is 12.5. The Hall–Kier alpha value is -2.08. The Kier molecular flexibility index (Phi) is 4.76. The number of carbonyl (C=O) groups excluding carboxylic acids is 2. The molecule has 6 heteroatoms. The Morgan fingerprint density at radius 2 is 1.96 bits per heavy atom. The van der Waals surface area contributed by atoms with Gasteiger partial charge in [0.15, 0.2) is 6.61 Å². The number of aryl methyl sites for hydroxylation is 1. The van der Waals surface area contributed by atoms with Crippen molar-refractivity contribution in [2.75, 3.05) is 31.1 Å². The average molecular weight is 332 g/mol. The monoisotopic (exact) mass is 332 g/mol. The van der Waals surface area contributed by atoms with Gasteiger partial charge < -0.3 is 19.3 Å². The first-order chi connectivity index (χ1) is 11.4. The maximum absolute atomic E-state index is 12.5. The van der Waals surface area contributed by atoms with Crippen molar-refractivity contribution in [1.82, 2.24) is 4.90 Å². The van der Waals surface area contributed by atoms with Crippen molar-refractivity contribution in [3.8, 4) is 5.75 Å². The molecule has 3 rings (SSSR count). The van der Waals surface area contributed by atoms with Crippen molar-refractivity contribution in [2.24, 2.45) is 0 Å². The molecular weight excluding hydrogens is 308 g/mol. The van der Waals surface area contributed by atoms with Gasteiger partial charge in [-0.25, -0.2) is 0 Å². The topological polar surface area (TPSA) is 59.1 Å². The molecule has 6 nitrogen and oxygen atoms in total. The molecule has 1 aromatic rings. The molecule has 24 heavy (non-hydrogen) atoms. The third-order valence-electron chi connectivity index (χ3n) is 4.38. The van der Waals surface area contributed by atoms with Gasteiger partial charge >= 0.3 is 0 Å². The lowest BCUT2D eigenvalue weighted by molar-refractivity contribution is -0.143. The van der Waals surface area contributed by atoms with Gasteiger partial charge in [-0.3, -0.25) is 9.59 Å². The lowest BCUT2D eigenvalue weighted by atomic mass is 10.1. The van der Waals surface area contributed by atoms with E-state index in [1.807, 2.05) is 43.9 Å². The van der Waals surface area contributed by atoms with Gasteiger partial charge in [-0.05, 0) is 38.5 Å². The molecule has 1 aromatic carbocycles. The van der Waals surface area contributed by atoms with E-state index in [2.05, 4.69) is 0 Å². The van der Waals surface area contributed by atoms with Gasteiger partial charge in [-0.2, -0.15) is 0 Å². The van der Waals surface area contributed by atoms with Crippen LogP contribution in [0.5, 0.6) is 5.75 Å². The lowest BCUT2D eigenvalue weighted by Crippen LogP contribution is -2.49. The summed E-state index contributed by atoms with van der Waals surface area (Å²) in [6.07, 6.45) is 0.399. The summed E-state index contributed by atoms with van der Waals surface area (Å²) in [7, 11) is 0. The summed E-state index contributed by atoms with van der Waals surface area (Å²) < 4.78 is 11.1. The van der Waals surface area contributed by atoms with Gasteiger partial charge in [-0.1, -0.05) is 6.07 Å². The first kappa shape index (κ1) is 16.8. The summed E-state index contributed by atoms with van der Waals surface area (Å²) in [5.41, 5.74) is 1.81. The minimum absolute atomic E-state index is 0.0237. The van der Waals surface area contributed by atoms with Gasteiger partial charge in [0.25, 0.3) is 5.91 Å². The molecule has 1 fully saturated rings. The predicted molar refractivity (Wildman–Crippen MR) is 90.2 cm³/mol. The summed E-state index contributed by atoms with van der Waals surface area (Å²) in [6.45, 7) is 7.53. The smallest absolute Gasteiger partial charge is 0.265 e. The minimum Gasteiger partial charge on any atom is -0.482 e. The van der Waals surface area contributed by atoms with Crippen LogP contribution in [0.1, 0.15) is 25.8 Å². The SMILES string of the molecule is Cc1ccc2c(c1)N(CCC(=O)N1CC(C)OC(C)C1)C(=O)CO2. The number of anilines is 1. The third-order valence-corrected chi connectivity index (χ3v) is 4.38. The van der Waals surface area contributed by atoms with E-state index < -0.39 is 0 Å². The van der Waals surface area contributed by atoms with Crippen LogP contribution >= 0.6 is 0 Å². The first-order valence-corrected chi connectivity index (χ1v) is 8.41. The first-order valence-electron chi connectivity index (χ1n) is 8.41. The minimum atomic E-state index is -0.107. The lowest BCUT2D eigenvalue weighted by Gasteiger charge is -2.36. The average Bonchev–Trinajstić information content (AvgIpc) is 2.52. The number of hydrogen-bond donors (Lipinski definition) is 0. The Bertz CT molecular complexity index is 636. The largest absolute Gasteiger partial charge is 0.482 e. The van der Waals surface area contributed by atoms with Crippen LogP contribution in [0.25, 0.3) is 0 Å². The highest BCUT2D eigenvalue weighted by molar-refractivity contribution is 5.98. The summed E-state index contributed by atoms with van der Waals surface area (Å²) in [5, 5.41) is 0. The van der Waals surface area contributed by atoms with Crippen LogP contribution in [0, 0.1) is 6.92 Å². The van der Waals surface area contributed by atoms with E-state index in [-0.39, 0.29) is 30.6 Å². The van der Waals surface area contributed by atoms with Crippen molar-refractivity contribution in [1.29, 1.82) is 0 Å². The molecule has 2 atom stereocenters. The Morgan fingerprint density at radius 1 is 1.25 bits per heavy atom. The number of benzene rings is 1. The number of morpholine rings is 1. The van der Waals surface area contributed by atoms with E-state index in [1.54, 1.807) is 4.90 Å². The second kappa shape index (κ2) is 6.81. The molecule has 0 N–H and O–H groups in total. The molecule has 130 valence electrons. The molecule has 0 spiro atoms. The van der Waals surface area contributed by atoms with E-state index in [0.717, 1.165) is 11.3 Å². The molecule has 2 aliphatic heterocycles. The van der Waals surface area contributed by atoms with Gasteiger partial charge in [0.1, 0.15) is 5.75 Å². The van der Waals surface area contributed by atoms with E-state index in [9.17, 15) is 9.59 Å². The highest BCUT2D eigenvalue weighted by atomic mass is 16.5. The highest BCUT2D eigenvalue weighted by Gasteiger charge is 2.29. The number of hydrogen-bond acceptors (Lipinski definition) is 4. The summed E-state index contributed by atoms with van der Waals surface area (Å²) in [6, 6.07) is 5.75. The molecule has 0 saturated carbocycles. The van der Waals surface area contributed by atoms with Gasteiger partial charge in [0.05, 0.1) is 17.9 Å². The van der Waals surface area contributed by atoms with E-state index in [0.29, 0.717) is 31.8 Å². The fraction of sp³-hybridized carbons (Fsp3) is 0.556. The van der Waals surface area contributed by atoms with Crippen LogP contribution in [0.15, 0.2) is 18.2 Å². The number of nitrogens with zero attached hydrogens (tertiary/aromatic N) is 2. The number of fused-ring (bicyclic) bond motifs is 1. The molecule has 0 aliphatic carbocycles. The second-order valence-corrected chi connectivity index (χ2v) is 6.61. The number of rotatable bonds is 3. The summed E-state index contributed by atoms with van der Waals surface area (Å²) >= 11 is 0. The van der Waals surface area contributed by atoms with Crippen LogP contribution in [-0.4, -0.2) is 55.2 Å². The van der Waals surface area contributed by atoms with Crippen LogP contribution in [0.3, 0.4) is 0 Å². The predicted octanol–water partition coefficient (Wildman–Crippen LogP) is 1.75. The van der Waals surface area contributed by atoms with E-state index in [1.165, 1.54) is 0 Å². The van der Waals surface area contributed by atoms with Crippen LogP contribution < -0.4 is 9.64 Å². The van der Waals surface area contributed by atoms with Crippen LogP contribution in [0.4, 0.5) is 5.69 Å². The van der Waals surface area contributed by atoms with Crippen molar-refractivity contribution in [2.45, 2.75) is 39.4 Å². The Morgan fingerprint density at radius 3 is 2.67 bits per heavy atom. The number of ether oxygens (including phenoxy) is 2.